The van der Waals surface area contributed by atoms with E-state index in [0.29, 0.717) is 5.92 Å². The topological polar surface area (TPSA) is 43.8 Å². The Hall–Kier alpha value is -2.29. The summed E-state index contributed by atoms with van der Waals surface area (Å²) < 4.78 is 2.29. The molecule has 3 heteroatoms. The zero-order valence-electron chi connectivity index (χ0n) is 11.5. The van der Waals surface area contributed by atoms with E-state index >= 15 is 0 Å². The summed E-state index contributed by atoms with van der Waals surface area (Å²) in [6.07, 6.45) is 2.48. The van der Waals surface area contributed by atoms with Crippen LogP contribution < -0.4 is 5.73 Å². The summed E-state index contributed by atoms with van der Waals surface area (Å²) in [6, 6.07) is 14.6. The van der Waals surface area contributed by atoms with Gasteiger partial charge in [-0.1, -0.05) is 12.1 Å². The summed E-state index contributed by atoms with van der Waals surface area (Å²) in [5.74, 6) is 1.78. The number of benzene rings is 2. The molecule has 2 aromatic carbocycles. The molecule has 0 radical (unpaired) electrons. The van der Waals surface area contributed by atoms with E-state index in [-0.39, 0.29) is 0 Å². The van der Waals surface area contributed by atoms with Crippen molar-refractivity contribution in [1.29, 1.82) is 0 Å². The minimum atomic E-state index is 0.601. The molecule has 4 rings (SSSR count). The lowest BCUT2D eigenvalue weighted by atomic mass is 10.2. The van der Waals surface area contributed by atoms with Gasteiger partial charge in [-0.2, -0.15) is 0 Å². The van der Waals surface area contributed by atoms with Gasteiger partial charge in [-0.15, -0.1) is 0 Å². The standard InChI is InChI=1S/C17H17N3/c1-11-3-2-4-14(9-11)20-16-8-7-13(18)10-15(16)19-17(20)12-5-6-12/h2-4,7-10,12H,5-6,18H2,1H3. The Morgan fingerprint density at radius 3 is 2.75 bits per heavy atom. The lowest BCUT2D eigenvalue weighted by Crippen LogP contribution is -2.00. The van der Waals surface area contributed by atoms with Crippen LogP contribution in [0.3, 0.4) is 0 Å². The summed E-state index contributed by atoms with van der Waals surface area (Å²) in [5.41, 5.74) is 11.3. The third kappa shape index (κ3) is 1.78. The predicted octanol–water partition coefficient (Wildman–Crippen LogP) is 3.79. The second-order valence-corrected chi connectivity index (χ2v) is 5.67. The summed E-state index contributed by atoms with van der Waals surface area (Å²) >= 11 is 0. The van der Waals surface area contributed by atoms with E-state index in [4.69, 9.17) is 10.7 Å². The van der Waals surface area contributed by atoms with Gasteiger partial charge in [0.2, 0.25) is 0 Å². The van der Waals surface area contributed by atoms with Crippen molar-refractivity contribution in [3.8, 4) is 5.69 Å². The smallest absolute Gasteiger partial charge is 0.117 e. The minimum absolute atomic E-state index is 0.601. The van der Waals surface area contributed by atoms with Gasteiger partial charge in [0.1, 0.15) is 5.82 Å². The van der Waals surface area contributed by atoms with Gasteiger partial charge >= 0.3 is 0 Å². The highest BCUT2D eigenvalue weighted by atomic mass is 15.1. The van der Waals surface area contributed by atoms with Crippen molar-refractivity contribution in [2.45, 2.75) is 25.7 Å². The van der Waals surface area contributed by atoms with Crippen LogP contribution in [0, 0.1) is 6.92 Å². The van der Waals surface area contributed by atoms with Gasteiger partial charge in [-0.25, -0.2) is 4.98 Å². The van der Waals surface area contributed by atoms with Crippen molar-refractivity contribution in [1.82, 2.24) is 9.55 Å². The highest BCUT2D eigenvalue weighted by Crippen LogP contribution is 2.42. The molecule has 0 bridgehead atoms. The van der Waals surface area contributed by atoms with E-state index in [1.165, 1.54) is 29.9 Å². The van der Waals surface area contributed by atoms with Crippen molar-refractivity contribution in [2.24, 2.45) is 0 Å². The number of nitrogens with zero attached hydrogens (tertiary/aromatic N) is 2. The molecule has 100 valence electrons. The molecule has 20 heavy (non-hydrogen) atoms. The minimum Gasteiger partial charge on any atom is -0.399 e. The van der Waals surface area contributed by atoms with Crippen LogP contribution in [0.25, 0.3) is 16.7 Å². The molecule has 0 amide bonds. The molecule has 2 N–H and O–H groups in total. The molecule has 0 saturated heterocycles. The second-order valence-electron chi connectivity index (χ2n) is 5.67. The largest absolute Gasteiger partial charge is 0.399 e. The summed E-state index contributed by atoms with van der Waals surface area (Å²) in [6.45, 7) is 2.12. The van der Waals surface area contributed by atoms with Crippen molar-refractivity contribution >= 4 is 16.7 Å². The number of imidazole rings is 1. The Kier molecular flexibility index (Phi) is 2.36. The Morgan fingerprint density at radius 2 is 2.00 bits per heavy atom. The van der Waals surface area contributed by atoms with Crippen LogP contribution in [-0.2, 0) is 0 Å². The van der Waals surface area contributed by atoms with E-state index in [1.54, 1.807) is 0 Å². The fourth-order valence-corrected chi connectivity index (χ4v) is 2.77. The molecule has 0 spiro atoms. The number of aryl methyl sites for hydroxylation is 1. The number of nitrogen functional groups attached to an aromatic ring is 1. The van der Waals surface area contributed by atoms with E-state index in [0.717, 1.165) is 16.7 Å². The average molecular weight is 263 g/mol. The van der Waals surface area contributed by atoms with Crippen molar-refractivity contribution in [2.75, 3.05) is 5.73 Å². The normalized spacial score (nSPS) is 14.8. The molecule has 0 atom stereocenters. The zero-order chi connectivity index (χ0) is 13.7. The van der Waals surface area contributed by atoms with Crippen LogP contribution >= 0.6 is 0 Å². The third-order valence-corrected chi connectivity index (χ3v) is 3.91. The first-order valence-electron chi connectivity index (χ1n) is 7.07. The number of nitrogens with two attached hydrogens (primary N) is 1. The molecule has 1 heterocycles. The molecule has 0 unspecified atom stereocenters. The van der Waals surface area contributed by atoms with Crippen LogP contribution in [0.2, 0.25) is 0 Å². The lowest BCUT2D eigenvalue weighted by molar-refractivity contribution is 0.896. The number of hydrogen-bond donors (Lipinski definition) is 1. The maximum atomic E-state index is 5.89. The van der Waals surface area contributed by atoms with Gasteiger partial charge < -0.3 is 5.73 Å². The number of rotatable bonds is 2. The predicted molar refractivity (Wildman–Crippen MR) is 82.2 cm³/mol. The van der Waals surface area contributed by atoms with Gasteiger partial charge in [0.05, 0.1) is 11.0 Å². The molecule has 1 aliphatic carbocycles. The maximum absolute atomic E-state index is 5.89. The zero-order valence-corrected chi connectivity index (χ0v) is 11.5. The third-order valence-electron chi connectivity index (χ3n) is 3.91. The van der Waals surface area contributed by atoms with Crippen LogP contribution in [0.1, 0.15) is 30.1 Å². The van der Waals surface area contributed by atoms with E-state index < -0.39 is 0 Å². The van der Waals surface area contributed by atoms with E-state index in [1.807, 2.05) is 12.1 Å². The number of fused-ring (bicyclic) bond motifs is 1. The van der Waals surface area contributed by atoms with Gasteiger partial charge in [-0.05, 0) is 55.7 Å². The van der Waals surface area contributed by atoms with Crippen molar-refractivity contribution in [3.05, 3.63) is 53.9 Å². The quantitative estimate of drug-likeness (QED) is 0.715. The highest BCUT2D eigenvalue weighted by Gasteiger charge is 2.30. The first kappa shape index (κ1) is 11.5. The number of hydrogen-bond acceptors (Lipinski definition) is 2. The molecular weight excluding hydrogens is 246 g/mol. The first-order valence-corrected chi connectivity index (χ1v) is 7.07. The number of aromatic nitrogens is 2. The second kappa shape index (κ2) is 4.10. The molecule has 3 nitrogen and oxygen atoms in total. The van der Waals surface area contributed by atoms with Gasteiger partial charge in [-0.3, -0.25) is 4.57 Å². The summed E-state index contributed by atoms with van der Waals surface area (Å²) in [5, 5.41) is 0. The Bertz CT molecular complexity index is 797. The monoisotopic (exact) mass is 263 g/mol. The number of anilines is 1. The molecule has 1 fully saturated rings. The van der Waals surface area contributed by atoms with Crippen molar-refractivity contribution < 1.29 is 0 Å². The van der Waals surface area contributed by atoms with Crippen LogP contribution in [-0.4, -0.2) is 9.55 Å². The Labute approximate surface area is 118 Å². The van der Waals surface area contributed by atoms with Gasteiger partial charge in [0, 0.05) is 17.3 Å². The molecule has 1 aromatic heterocycles. The maximum Gasteiger partial charge on any atom is 0.117 e. The van der Waals surface area contributed by atoms with Crippen LogP contribution in [0.15, 0.2) is 42.5 Å². The molecular formula is C17H17N3. The summed E-state index contributed by atoms with van der Waals surface area (Å²) in [4.78, 5) is 4.82. The van der Waals surface area contributed by atoms with Gasteiger partial charge in [0.15, 0.2) is 0 Å². The average Bonchev–Trinajstić information content (AvgIpc) is 3.20. The SMILES string of the molecule is Cc1cccc(-n2c(C3CC3)nc3cc(N)ccc32)c1. The van der Waals surface area contributed by atoms with Crippen LogP contribution in [0.4, 0.5) is 5.69 Å². The Balaban J connectivity index is 2.02. The van der Waals surface area contributed by atoms with Gasteiger partial charge in [0.25, 0.3) is 0 Å². The van der Waals surface area contributed by atoms with Crippen molar-refractivity contribution in [3.63, 3.8) is 0 Å². The first-order chi connectivity index (χ1) is 9.72. The summed E-state index contributed by atoms with van der Waals surface area (Å²) in [7, 11) is 0. The Morgan fingerprint density at radius 1 is 1.15 bits per heavy atom. The van der Waals surface area contributed by atoms with Crippen LogP contribution in [0.5, 0.6) is 0 Å². The van der Waals surface area contributed by atoms with E-state index in [2.05, 4.69) is 41.8 Å². The highest BCUT2D eigenvalue weighted by molar-refractivity contribution is 5.81. The molecule has 1 saturated carbocycles. The molecule has 3 aromatic rings. The fourth-order valence-electron chi connectivity index (χ4n) is 2.77. The molecule has 0 aliphatic heterocycles. The lowest BCUT2D eigenvalue weighted by Gasteiger charge is -2.09. The fraction of sp³-hybridized carbons (Fsp3) is 0.235. The molecule has 1 aliphatic rings. The van der Waals surface area contributed by atoms with E-state index in [9.17, 15) is 0 Å².